The van der Waals surface area contributed by atoms with Crippen LogP contribution in [0.2, 0.25) is 0 Å². The molecule has 8 nitrogen and oxygen atoms in total. The van der Waals surface area contributed by atoms with E-state index < -0.39 is 21.5 Å². The molecule has 0 aliphatic rings. The van der Waals surface area contributed by atoms with Gasteiger partial charge in [-0.2, -0.15) is 0 Å². The first-order valence-corrected chi connectivity index (χ1v) is 14.8. The van der Waals surface area contributed by atoms with Crippen molar-refractivity contribution < 1.29 is 32.6 Å². The number of carbonyl (C=O) groups is 2. The van der Waals surface area contributed by atoms with Crippen molar-refractivity contribution >= 4 is 22.3 Å². The first-order valence-electron chi connectivity index (χ1n) is 13.3. The normalized spacial score (nSPS) is 11.6. The molecule has 4 aromatic rings. The number of nitrogens with one attached hydrogen (secondary N) is 1. The minimum absolute atomic E-state index is 0.0233. The van der Waals surface area contributed by atoms with Gasteiger partial charge in [-0.3, -0.25) is 9.59 Å². The van der Waals surface area contributed by atoms with E-state index in [0.717, 1.165) is 11.1 Å². The van der Waals surface area contributed by atoms with Crippen LogP contribution in [0.4, 0.5) is 0 Å². The van der Waals surface area contributed by atoms with E-state index in [2.05, 4.69) is 4.72 Å². The third kappa shape index (κ3) is 8.05. The fourth-order valence-corrected chi connectivity index (χ4v) is 5.82. The predicted octanol–water partition coefficient (Wildman–Crippen LogP) is 6.03. The molecule has 0 atom stereocenters. The molecular formula is C33H33NO7S. The Morgan fingerprint density at radius 2 is 1.40 bits per heavy atom. The van der Waals surface area contributed by atoms with Gasteiger partial charge in [-0.1, -0.05) is 60.7 Å². The lowest BCUT2D eigenvalue weighted by molar-refractivity contribution is -0.136. The molecule has 0 bridgehead atoms. The minimum Gasteiger partial charge on any atom is -0.488 e. The van der Waals surface area contributed by atoms with Crippen LogP contribution in [-0.4, -0.2) is 31.3 Å². The lowest BCUT2D eigenvalue weighted by atomic mass is 9.96. The maximum absolute atomic E-state index is 13.3. The molecule has 4 aromatic carbocycles. The Kier molecular flexibility index (Phi) is 9.45. The number of hydrogen-bond acceptors (Lipinski definition) is 6. The molecule has 9 heteroatoms. The lowest BCUT2D eigenvalue weighted by Gasteiger charge is -2.22. The van der Waals surface area contributed by atoms with Crippen LogP contribution in [0.5, 0.6) is 11.5 Å². The van der Waals surface area contributed by atoms with Crippen LogP contribution < -0.4 is 14.2 Å². The Morgan fingerprint density at radius 1 is 0.810 bits per heavy atom. The van der Waals surface area contributed by atoms with Gasteiger partial charge in [-0.15, -0.1) is 0 Å². The number of benzene rings is 4. The fourth-order valence-electron chi connectivity index (χ4n) is 4.38. The third-order valence-electron chi connectivity index (χ3n) is 6.11. The van der Waals surface area contributed by atoms with Crippen molar-refractivity contribution in [2.75, 3.05) is 0 Å². The van der Waals surface area contributed by atoms with Gasteiger partial charge < -0.3 is 14.6 Å². The van der Waals surface area contributed by atoms with Crippen LogP contribution in [0.25, 0.3) is 11.1 Å². The molecule has 0 heterocycles. The molecule has 0 spiro atoms. The van der Waals surface area contributed by atoms with Crippen molar-refractivity contribution in [3.05, 3.63) is 113 Å². The van der Waals surface area contributed by atoms with Crippen molar-refractivity contribution in [3.8, 4) is 22.6 Å². The molecule has 42 heavy (non-hydrogen) atoms. The molecule has 2 N–H and O–H groups in total. The van der Waals surface area contributed by atoms with E-state index in [1.54, 1.807) is 32.9 Å². The predicted molar refractivity (Wildman–Crippen MR) is 160 cm³/mol. The van der Waals surface area contributed by atoms with E-state index in [1.165, 1.54) is 18.2 Å². The summed E-state index contributed by atoms with van der Waals surface area (Å²) in [5.41, 5.74) is 2.15. The zero-order valence-electron chi connectivity index (χ0n) is 23.7. The summed E-state index contributed by atoms with van der Waals surface area (Å²) in [5.74, 6) is -0.560. The Hall–Kier alpha value is -4.47. The maximum Gasteiger partial charge on any atom is 0.307 e. The van der Waals surface area contributed by atoms with Gasteiger partial charge in [0, 0.05) is 16.7 Å². The summed E-state index contributed by atoms with van der Waals surface area (Å²) in [6, 6.07) is 26.3. The summed E-state index contributed by atoms with van der Waals surface area (Å²) in [5, 5.41) is 9.51. The third-order valence-corrected chi connectivity index (χ3v) is 7.87. The van der Waals surface area contributed by atoms with Gasteiger partial charge in [-0.25, -0.2) is 13.1 Å². The van der Waals surface area contributed by atoms with E-state index in [9.17, 15) is 23.1 Å². The molecule has 0 saturated carbocycles. The van der Waals surface area contributed by atoms with Crippen LogP contribution in [0.1, 0.15) is 47.8 Å². The molecule has 4 rings (SSSR count). The summed E-state index contributed by atoms with van der Waals surface area (Å²) in [6.45, 7) is 5.53. The van der Waals surface area contributed by atoms with Gasteiger partial charge in [0.25, 0.3) is 0 Å². The zero-order valence-corrected chi connectivity index (χ0v) is 24.5. The highest BCUT2D eigenvalue weighted by Gasteiger charge is 2.25. The second-order valence-corrected chi connectivity index (χ2v) is 12.5. The molecule has 0 aliphatic heterocycles. The van der Waals surface area contributed by atoms with Crippen LogP contribution >= 0.6 is 0 Å². The van der Waals surface area contributed by atoms with Gasteiger partial charge in [0.2, 0.25) is 10.0 Å². The summed E-state index contributed by atoms with van der Waals surface area (Å²) >= 11 is 0. The number of hydrogen-bond donors (Lipinski definition) is 2. The highest BCUT2D eigenvalue weighted by molar-refractivity contribution is 7.89. The van der Waals surface area contributed by atoms with Crippen LogP contribution in [0.15, 0.2) is 95.9 Å². The largest absolute Gasteiger partial charge is 0.488 e. The molecule has 0 saturated heterocycles. The zero-order chi connectivity index (χ0) is 30.3. The quantitative estimate of drug-likeness (QED) is 0.194. The Morgan fingerprint density at radius 3 is 1.95 bits per heavy atom. The first kappa shape index (κ1) is 30.5. The summed E-state index contributed by atoms with van der Waals surface area (Å²) < 4.78 is 41.7. The molecular weight excluding hydrogens is 554 g/mol. The number of aliphatic carboxylic acids is 1. The smallest absolute Gasteiger partial charge is 0.307 e. The van der Waals surface area contributed by atoms with Crippen molar-refractivity contribution in [1.82, 2.24) is 4.72 Å². The monoisotopic (exact) mass is 587 g/mol. The van der Waals surface area contributed by atoms with E-state index in [1.807, 2.05) is 60.7 Å². The standard InChI is InChI=1S/C33H33NO7S/c1-33(2,3)34-42(38,39)27-14-15-30(40-21-23-10-6-4-7-11-23)28(19-27)29-17-25(18-31(36)37)16-26(20-35)32(29)41-22-24-12-8-5-9-13-24/h4-17,19-20,34H,18,21-22H2,1-3H3,(H,36,37). The molecule has 0 radical (unpaired) electrons. The lowest BCUT2D eigenvalue weighted by Crippen LogP contribution is -2.40. The van der Waals surface area contributed by atoms with E-state index in [-0.39, 0.29) is 35.8 Å². The number of ether oxygens (including phenoxy) is 2. The fraction of sp³-hybridized carbons (Fsp3) is 0.212. The Bertz CT molecular complexity index is 1660. The molecule has 0 fully saturated rings. The summed E-state index contributed by atoms with van der Waals surface area (Å²) in [4.78, 5) is 23.9. The summed E-state index contributed by atoms with van der Waals surface area (Å²) in [6.07, 6.45) is 0.248. The Balaban J connectivity index is 1.90. The average Bonchev–Trinajstić information content (AvgIpc) is 2.94. The number of aldehydes is 1. The van der Waals surface area contributed by atoms with Crippen molar-refractivity contribution in [2.24, 2.45) is 0 Å². The molecule has 0 unspecified atom stereocenters. The van der Waals surface area contributed by atoms with E-state index >= 15 is 0 Å². The molecule has 0 aromatic heterocycles. The van der Waals surface area contributed by atoms with E-state index in [0.29, 0.717) is 28.7 Å². The Labute approximate surface area is 246 Å². The molecule has 0 aliphatic carbocycles. The van der Waals surface area contributed by atoms with E-state index in [4.69, 9.17) is 9.47 Å². The van der Waals surface area contributed by atoms with Gasteiger partial charge in [0.1, 0.15) is 24.7 Å². The second kappa shape index (κ2) is 13.0. The number of carboxylic acids is 1. The SMILES string of the molecule is CC(C)(C)NS(=O)(=O)c1ccc(OCc2ccccc2)c(-c2cc(CC(=O)O)cc(C=O)c2OCc2ccccc2)c1. The van der Waals surface area contributed by atoms with Crippen LogP contribution in [0, 0.1) is 0 Å². The topological polar surface area (TPSA) is 119 Å². The maximum atomic E-state index is 13.3. The van der Waals surface area contributed by atoms with Crippen LogP contribution in [0.3, 0.4) is 0 Å². The molecule has 218 valence electrons. The second-order valence-electron chi connectivity index (χ2n) is 10.8. The highest BCUT2D eigenvalue weighted by Crippen LogP contribution is 2.41. The van der Waals surface area contributed by atoms with Crippen molar-refractivity contribution in [1.29, 1.82) is 0 Å². The number of carboxylic acid groups (broad SMARTS) is 1. The van der Waals surface area contributed by atoms with Gasteiger partial charge >= 0.3 is 5.97 Å². The number of rotatable bonds is 12. The van der Waals surface area contributed by atoms with Gasteiger partial charge in [0.15, 0.2) is 6.29 Å². The van der Waals surface area contributed by atoms with Crippen LogP contribution in [-0.2, 0) is 34.5 Å². The number of carbonyl (C=O) groups excluding carboxylic acids is 1. The van der Waals surface area contributed by atoms with Crippen molar-refractivity contribution in [3.63, 3.8) is 0 Å². The van der Waals surface area contributed by atoms with Gasteiger partial charge in [-0.05, 0) is 67.8 Å². The minimum atomic E-state index is -3.96. The number of sulfonamides is 1. The average molecular weight is 588 g/mol. The molecule has 0 amide bonds. The van der Waals surface area contributed by atoms with Gasteiger partial charge in [0.05, 0.1) is 16.9 Å². The first-order chi connectivity index (χ1) is 19.9. The van der Waals surface area contributed by atoms with Crippen molar-refractivity contribution in [2.45, 2.75) is 50.8 Å². The highest BCUT2D eigenvalue weighted by atomic mass is 32.2. The summed E-state index contributed by atoms with van der Waals surface area (Å²) in [7, 11) is -3.96.